The van der Waals surface area contributed by atoms with Gasteiger partial charge in [0.1, 0.15) is 0 Å². The number of rotatable bonds is 5. The fourth-order valence-electron chi connectivity index (χ4n) is 3.40. The van der Waals surface area contributed by atoms with E-state index in [1.54, 1.807) is 53.4 Å². The minimum atomic E-state index is -1.96. The highest BCUT2D eigenvalue weighted by Crippen LogP contribution is 2.31. The molecule has 3 rings (SSSR count). The van der Waals surface area contributed by atoms with Crippen molar-refractivity contribution in [2.24, 2.45) is 0 Å². The summed E-state index contributed by atoms with van der Waals surface area (Å²) in [4.78, 5) is 27.0. The summed E-state index contributed by atoms with van der Waals surface area (Å²) in [6.07, 6.45) is 4.17. The molecule has 0 aromatic heterocycles. The molecule has 1 heterocycles. The van der Waals surface area contributed by atoms with Crippen LogP contribution in [-0.2, 0) is 19.9 Å². The minimum Gasteiger partial charge on any atom is -0.453 e. The molecule has 2 aromatic rings. The monoisotopic (exact) mass is 367 g/mol. The lowest BCUT2D eigenvalue weighted by molar-refractivity contribution is -0.166. The van der Waals surface area contributed by atoms with E-state index in [-0.39, 0.29) is 12.5 Å². The zero-order valence-corrected chi connectivity index (χ0v) is 15.3. The van der Waals surface area contributed by atoms with Crippen molar-refractivity contribution in [2.75, 3.05) is 19.7 Å². The molecule has 0 atom stereocenters. The van der Waals surface area contributed by atoms with Gasteiger partial charge in [0.2, 0.25) is 5.60 Å². The highest BCUT2D eigenvalue weighted by Gasteiger charge is 2.42. The van der Waals surface area contributed by atoms with E-state index in [1.165, 1.54) is 0 Å². The molecule has 1 aliphatic rings. The number of benzene rings is 2. The maximum Gasteiger partial charge on any atom is 0.348 e. The molecule has 1 saturated heterocycles. The van der Waals surface area contributed by atoms with E-state index in [4.69, 9.17) is 4.74 Å². The molecular weight excluding hydrogens is 342 g/mol. The number of likely N-dealkylation sites (tertiary alicyclic amines) is 1. The molecule has 1 aliphatic heterocycles. The lowest BCUT2D eigenvalue weighted by Crippen LogP contribution is -2.41. The van der Waals surface area contributed by atoms with E-state index in [9.17, 15) is 14.7 Å². The van der Waals surface area contributed by atoms with Crippen LogP contribution in [0.1, 0.15) is 36.8 Å². The molecule has 0 radical (unpaired) electrons. The molecule has 0 unspecified atom stereocenters. The van der Waals surface area contributed by atoms with Crippen molar-refractivity contribution in [3.05, 3.63) is 71.8 Å². The van der Waals surface area contributed by atoms with Crippen molar-refractivity contribution in [2.45, 2.75) is 31.3 Å². The standard InChI is InChI=1S/C22H25NO4/c24-20(23-15-9-1-2-10-16-23)17-27-21(25)22(26,18-11-5-3-6-12-18)19-13-7-4-8-14-19/h3-8,11-14,26H,1-2,9-10,15-17H2. The second-order valence-corrected chi connectivity index (χ2v) is 6.81. The summed E-state index contributed by atoms with van der Waals surface area (Å²) in [5, 5.41) is 11.3. The number of hydrogen-bond acceptors (Lipinski definition) is 4. The van der Waals surface area contributed by atoms with Crippen LogP contribution in [0.15, 0.2) is 60.7 Å². The normalized spacial score (nSPS) is 15.1. The average Bonchev–Trinajstić information content (AvgIpc) is 3.02. The summed E-state index contributed by atoms with van der Waals surface area (Å²) in [7, 11) is 0. The van der Waals surface area contributed by atoms with Gasteiger partial charge in [-0.25, -0.2) is 4.79 Å². The molecule has 0 bridgehead atoms. The van der Waals surface area contributed by atoms with Gasteiger partial charge in [-0.2, -0.15) is 0 Å². The first-order valence-electron chi connectivity index (χ1n) is 9.41. The molecule has 1 fully saturated rings. The Kier molecular flexibility index (Phi) is 6.24. The number of aliphatic hydroxyl groups is 1. The zero-order valence-electron chi connectivity index (χ0n) is 15.3. The van der Waals surface area contributed by atoms with Gasteiger partial charge in [-0.15, -0.1) is 0 Å². The van der Waals surface area contributed by atoms with E-state index in [1.807, 2.05) is 12.1 Å². The van der Waals surface area contributed by atoms with E-state index in [0.717, 1.165) is 25.7 Å². The Morgan fingerprint density at radius 3 is 1.81 bits per heavy atom. The van der Waals surface area contributed by atoms with Gasteiger partial charge in [-0.1, -0.05) is 73.5 Å². The van der Waals surface area contributed by atoms with Gasteiger partial charge in [-0.05, 0) is 24.0 Å². The van der Waals surface area contributed by atoms with E-state index < -0.39 is 11.6 Å². The van der Waals surface area contributed by atoms with Crippen LogP contribution >= 0.6 is 0 Å². The lowest BCUT2D eigenvalue weighted by atomic mass is 9.86. The number of ether oxygens (including phenoxy) is 1. The SMILES string of the molecule is O=C(COC(=O)C(O)(c1ccccc1)c1ccccc1)N1CCCCCC1. The number of hydrogen-bond donors (Lipinski definition) is 1. The van der Waals surface area contributed by atoms with Gasteiger partial charge >= 0.3 is 5.97 Å². The summed E-state index contributed by atoms with van der Waals surface area (Å²) in [5.74, 6) is -1.06. The van der Waals surface area contributed by atoms with Gasteiger partial charge in [0, 0.05) is 13.1 Å². The molecular formula is C22H25NO4. The van der Waals surface area contributed by atoms with Gasteiger partial charge in [0.05, 0.1) is 0 Å². The third kappa shape index (κ3) is 4.37. The molecule has 27 heavy (non-hydrogen) atoms. The summed E-state index contributed by atoms with van der Waals surface area (Å²) in [6, 6.07) is 17.3. The van der Waals surface area contributed by atoms with Gasteiger partial charge in [0.15, 0.2) is 6.61 Å². The number of carbonyl (C=O) groups excluding carboxylic acids is 2. The van der Waals surface area contributed by atoms with E-state index in [0.29, 0.717) is 24.2 Å². The van der Waals surface area contributed by atoms with Crippen LogP contribution in [0.2, 0.25) is 0 Å². The summed E-state index contributed by atoms with van der Waals surface area (Å²) in [5.41, 5.74) is -1.14. The molecule has 2 aromatic carbocycles. The van der Waals surface area contributed by atoms with Crippen molar-refractivity contribution in [1.82, 2.24) is 4.90 Å². The first-order valence-corrected chi connectivity index (χ1v) is 9.41. The molecule has 1 N–H and O–H groups in total. The van der Waals surface area contributed by atoms with E-state index in [2.05, 4.69) is 0 Å². The fourth-order valence-corrected chi connectivity index (χ4v) is 3.40. The zero-order chi connectivity index (χ0) is 19.1. The number of esters is 1. The van der Waals surface area contributed by atoms with Crippen molar-refractivity contribution in [3.8, 4) is 0 Å². The highest BCUT2D eigenvalue weighted by molar-refractivity contribution is 5.88. The summed E-state index contributed by atoms with van der Waals surface area (Å²) >= 11 is 0. The number of carbonyl (C=O) groups is 2. The van der Waals surface area contributed by atoms with Crippen LogP contribution in [0.4, 0.5) is 0 Å². The van der Waals surface area contributed by atoms with Crippen LogP contribution in [0.5, 0.6) is 0 Å². The second-order valence-electron chi connectivity index (χ2n) is 6.81. The van der Waals surface area contributed by atoms with Crippen molar-refractivity contribution in [3.63, 3.8) is 0 Å². The highest BCUT2D eigenvalue weighted by atomic mass is 16.6. The minimum absolute atomic E-state index is 0.214. The predicted molar refractivity (Wildman–Crippen MR) is 102 cm³/mol. The Bertz CT molecular complexity index is 713. The average molecular weight is 367 g/mol. The van der Waals surface area contributed by atoms with Crippen LogP contribution in [0, 0.1) is 0 Å². The Hall–Kier alpha value is -2.66. The third-order valence-corrected chi connectivity index (χ3v) is 4.96. The van der Waals surface area contributed by atoms with E-state index >= 15 is 0 Å². The molecule has 0 spiro atoms. The molecule has 5 heteroatoms. The van der Waals surface area contributed by atoms with Crippen molar-refractivity contribution >= 4 is 11.9 Å². The van der Waals surface area contributed by atoms with Crippen LogP contribution < -0.4 is 0 Å². The van der Waals surface area contributed by atoms with Crippen LogP contribution in [0.3, 0.4) is 0 Å². The first kappa shape index (κ1) is 19.1. The molecule has 142 valence electrons. The molecule has 1 amide bonds. The van der Waals surface area contributed by atoms with Gasteiger partial charge < -0.3 is 14.7 Å². The summed E-state index contributed by atoms with van der Waals surface area (Å²) in [6.45, 7) is 1.02. The van der Waals surface area contributed by atoms with Crippen LogP contribution in [-0.4, -0.2) is 41.6 Å². The maximum atomic E-state index is 12.9. The van der Waals surface area contributed by atoms with Crippen molar-refractivity contribution < 1.29 is 19.4 Å². The first-order chi connectivity index (χ1) is 13.1. The summed E-state index contributed by atoms with van der Waals surface area (Å²) < 4.78 is 5.29. The Morgan fingerprint density at radius 2 is 1.33 bits per heavy atom. The van der Waals surface area contributed by atoms with Gasteiger partial charge in [-0.3, -0.25) is 4.79 Å². The van der Waals surface area contributed by atoms with Crippen molar-refractivity contribution in [1.29, 1.82) is 0 Å². The Balaban J connectivity index is 1.77. The maximum absolute atomic E-state index is 12.9. The topological polar surface area (TPSA) is 66.8 Å². The quantitative estimate of drug-likeness (QED) is 0.825. The largest absolute Gasteiger partial charge is 0.453 e. The smallest absolute Gasteiger partial charge is 0.348 e. The Morgan fingerprint density at radius 1 is 0.852 bits per heavy atom. The number of amides is 1. The lowest BCUT2D eigenvalue weighted by Gasteiger charge is -2.27. The fraction of sp³-hybridized carbons (Fsp3) is 0.364. The second kappa shape index (κ2) is 8.82. The molecule has 5 nitrogen and oxygen atoms in total. The molecule has 0 saturated carbocycles. The third-order valence-electron chi connectivity index (χ3n) is 4.96. The molecule has 0 aliphatic carbocycles. The Labute approximate surface area is 159 Å². The van der Waals surface area contributed by atoms with Crippen LogP contribution in [0.25, 0.3) is 0 Å². The van der Waals surface area contributed by atoms with Gasteiger partial charge in [0.25, 0.3) is 5.91 Å². The number of nitrogens with zero attached hydrogens (tertiary/aromatic N) is 1. The predicted octanol–water partition coefficient (Wildman–Crippen LogP) is 2.87.